The first-order valence-corrected chi connectivity index (χ1v) is 9.88. The lowest BCUT2D eigenvalue weighted by Gasteiger charge is -2.17. The number of carbonyl (C=O) groups excluding carboxylic acids is 2. The second kappa shape index (κ2) is 7.80. The molecule has 3 N–H and O–H groups in total. The Balaban J connectivity index is 1.56. The van der Waals surface area contributed by atoms with E-state index in [2.05, 4.69) is 10.3 Å². The highest BCUT2D eigenvalue weighted by Gasteiger charge is 2.31. The maximum atomic E-state index is 13.0. The van der Waals surface area contributed by atoms with Crippen LogP contribution in [0.25, 0.3) is 0 Å². The molecule has 4 rings (SSSR count). The molecule has 28 heavy (non-hydrogen) atoms. The smallest absolute Gasteiger partial charge is 0.271 e. The van der Waals surface area contributed by atoms with Crippen molar-refractivity contribution in [2.45, 2.75) is 37.6 Å². The molecule has 1 aromatic carbocycles. The second-order valence-electron chi connectivity index (χ2n) is 7.48. The van der Waals surface area contributed by atoms with Crippen molar-refractivity contribution in [3.05, 3.63) is 58.2 Å². The fourth-order valence-electron chi connectivity index (χ4n) is 3.10. The Hall–Kier alpha value is -2.60. The predicted octanol–water partition coefficient (Wildman–Crippen LogP) is 3.36. The van der Waals surface area contributed by atoms with Crippen molar-refractivity contribution in [1.29, 1.82) is 0 Å². The Kier molecular flexibility index (Phi) is 5.22. The first kappa shape index (κ1) is 18.7. The Morgan fingerprint density at radius 2 is 1.86 bits per heavy atom. The third kappa shape index (κ3) is 4.44. The highest BCUT2D eigenvalue weighted by atomic mass is 35.5. The quantitative estimate of drug-likeness (QED) is 0.711. The van der Waals surface area contributed by atoms with E-state index < -0.39 is 17.9 Å². The summed E-state index contributed by atoms with van der Waals surface area (Å²) in [5.41, 5.74) is 7.28. The van der Waals surface area contributed by atoms with E-state index in [9.17, 15) is 9.59 Å². The molecule has 2 aromatic rings. The lowest BCUT2D eigenvalue weighted by molar-refractivity contribution is -0.120. The number of nitrogens with one attached hydrogen (secondary N) is 1. The topological polar surface area (TPSA) is 94.3 Å². The summed E-state index contributed by atoms with van der Waals surface area (Å²) in [4.78, 5) is 29.4. The van der Waals surface area contributed by atoms with E-state index >= 15 is 0 Å². The van der Waals surface area contributed by atoms with Gasteiger partial charge in [-0.1, -0.05) is 29.8 Å². The Bertz CT molecular complexity index is 892. The van der Waals surface area contributed by atoms with Gasteiger partial charge in [0.2, 0.25) is 11.8 Å². The van der Waals surface area contributed by atoms with Gasteiger partial charge in [-0.25, -0.2) is 4.98 Å². The molecule has 2 amide bonds. The van der Waals surface area contributed by atoms with Crippen LogP contribution in [0.2, 0.25) is 5.02 Å². The molecule has 0 aliphatic heterocycles. The summed E-state index contributed by atoms with van der Waals surface area (Å²) >= 11 is 5.91. The van der Waals surface area contributed by atoms with Gasteiger partial charge in [-0.05, 0) is 60.8 Å². The van der Waals surface area contributed by atoms with Crippen molar-refractivity contribution in [3.8, 4) is 5.88 Å². The van der Waals surface area contributed by atoms with E-state index in [0.29, 0.717) is 40.6 Å². The Labute approximate surface area is 168 Å². The lowest BCUT2D eigenvalue weighted by atomic mass is 10.0. The normalized spacial score (nSPS) is 17.0. The summed E-state index contributed by atoms with van der Waals surface area (Å²) in [6.07, 6.45) is 4.41. The molecule has 2 aliphatic carbocycles. The first-order valence-electron chi connectivity index (χ1n) is 9.50. The maximum absolute atomic E-state index is 13.0. The molecule has 146 valence electrons. The third-order valence-corrected chi connectivity index (χ3v) is 5.31. The summed E-state index contributed by atoms with van der Waals surface area (Å²) in [6, 6.07) is 9.40. The molecule has 2 saturated carbocycles. The van der Waals surface area contributed by atoms with Crippen molar-refractivity contribution in [2.24, 2.45) is 11.7 Å². The zero-order valence-corrected chi connectivity index (χ0v) is 16.1. The molecule has 0 radical (unpaired) electrons. The van der Waals surface area contributed by atoms with Gasteiger partial charge in [-0.3, -0.25) is 9.59 Å². The number of ether oxygens (including phenoxy) is 1. The van der Waals surface area contributed by atoms with Gasteiger partial charge in [0, 0.05) is 11.1 Å². The number of amides is 2. The van der Waals surface area contributed by atoms with Crippen LogP contribution < -0.4 is 15.8 Å². The van der Waals surface area contributed by atoms with E-state index in [1.165, 1.54) is 12.8 Å². The lowest BCUT2D eigenvalue weighted by Crippen LogP contribution is -2.38. The predicted molar refractivity (Wildman–Crippen MR) is 105 cm³/mol. The number of nitrogens with zero attached hydrogens (tertiary/aromatic N) is 1. The SMILES string of the molecule is NC(=O)[C@@H](NC(=O)c1nc(OCC2CC2)ccc1C1CC1)c1ccc(Cl)cc1. The minimum atomic E-state index is -0.963. The summed E-state index contributed by atoms with van der Waals surface area (Å²) in [5.74, 6) is 0.269. The van der Waals surface area contributed by atoms with Gasteiger partial charge in [0.25, 0.3) is 5.91 Å². The zero-order valence-electron chi connectivity index (χ0n) is 15.4. The highest BCUT2D eigenvalue weighted by molar-refractivity contribution is 6.30. The third-order valence-electron chi connectivity index (χ3n) is 5.06. The molecule has 0 spiro atoms. The van der Waals surface area contributed by atoms with Crippen molar-refractivity contribution < 1.29 is 14.3 Å². The number of benzene rings is 1. The standard InChI is InChI=1S/C21H22ClN3O3/c22-15-7-5-14(6-8-15)18(20(23)26)25-21(27)19-16(13-3-4-13)9-10-17(24-19)28-11-12-1-2-12/h5-10,12-13,18H,1-4,11H2,(H2,23,26)(H,25,27)/t18-/m0/s1. The molecule has 2 fully saturated rings. The molecule has 1 heterocycles. The molecule has 0 saturated heterocycles. The fraction of sp³-hybridized carbons (Fsp3) is 0.381. The second-order valence-corrected chi connectivity index (χ2v) is 7.91. The molecule has 7 heteroatoms. The van der Waals surface area contributed by atoms with Gasteiger partial charge in [0.15, 0.2) is 0 Å². The Morgan fingerprint density at radius 1 is 1.14 bits per heavy atom. The van der Waals surface area contributed by atoms with E-state index in [0.717, 1.165) is 18.4 Å². The highest BCUT2D eigenvalue weighted by Crippen LogP contribution is 2.42. The summed E-state index contributed by atoms with van der Waals surface area (Å²) < 4.78 is 5.73. The van der Waals surface area contributed by atoms with Gasteiger partial charge in [-0.2, -0.15) is 0 Å². The van der Waals surface area contributed by atoms with Gasteiger partial charge < -0.3 is 15.8 Å². The first-order chi connectivity index (χ1) is 13.5. The van der Waals surface area contributed by atoms with Crippen LogP contribution in [0.1, 0.15) is 59.3 Å². The van der Waals surface area contributed by atoms with Crippen molar-refractivity contribution in [1.82, 2.24) is 10.3 Å². The molecule has 1 aromatic heterocycles. The molecule has 1 atom stereocenters. The van der Waals surface area contributed by atoms with E-state index in [4.69, 9.17) is 22.1 Å². The van der Waals surface area contributed by atoms with Crippen LogP contribution in [0.5, 0.6) is 5.88 Å². The average molecular weight is 400 g/mol. The number of hydrogen-bond donors (Lipinski definition) is 2. The van der Waals surface area contributed by atoms with E-state index in [1.807, 2.05) is 12.1 Å². The molecular formula is C21H22ClN3O3. The largest absolute Gasteiger partial charge is 0.477 e. The van der Waals surface area contributed by atoms with Crippen LogP contribution in [0.3, 0.4) is 0 Å². The fourth-order valence-corrected chi connectivity index (χ4v) is 3.23. The molecule has 0 bridgehead atoms. The summed E-state index contributed by atoms with van der Waals surface area (Å²) in [7, 11) is 0. The number of rotatable bonds is 8. The minimum absolute atomic E-state index is 0.302. The number of aromatic nitrogens is 1. The molecule has 2 aliphatic rings. The van der Waals surface area contributed by atoms with Crippen molar-refractivity contribution in [2.75, 3.05) is 6.61 Å². The van der Waals surface area contributed by atoms with Gasteiger partial charge in [-0.15, -0.1) is 0 Å². The number of primary amides is 1. The van der Waals surface area contributed by atoms with Crippen LogP contribution in [-0.4, -0.2) is 23.4 Å². The number of pyridine rings is 1. The monoisotopic (exact) mass is 399 g/mol. The van der Waals surface area contributed by atoms with Gasteiger partial charge >= 0.3 is 0 Å². The van der Waals surface area contributed by atoms with Crippen molar-refractivity contribution in [3.63, 3.8) is 0 Å². The summed E-state index contributed by atoms with van der Waals surface area (Å²) in [6.45, 7) is 0.617. The van der Waals surface area contributed by atoms with Crippen LogP contribution in [0.4, 0.5) is 0 Å². The number of carbonyl (C=O) groups is 2. The number of halogens is 1. The van der Waals surface area contributed by atoms with Crippen LogP contribution >= 0.6 is 11.6 Å². The molecule has 0 unspecified atom stereocenters. The maximum Gasteiger partial charge on any atom is 0.271 e. The summed E-state index contributed by atoms with van der Waals surface area (Å²) in [5, 5.41) is 3.26. The number of nitrogens with two attached hydrogens (primary N) is 1. The van der Waals surface area contributed by atoms with E-state index in [-0.39, 0.29) is 0 Å². The van der Waals surface area contributed by atoms with E-state index in [1.54, 1.807) is 24.3 Å². The van der Waals surface area contributed by atoms with Crippen LogP contribution in [0, 0.1) is 5.92 Å². The molecular weight excluding hydrogens is 378 g/mol. The van der Waals surface area contributed by atoms with Gasteiger partial charge in [0.1, 0.15) is 11.7 Å². The molecule has 6 nitrogen and oxygen atoms in total. The number of hydrogen-bond acceptors (Lipinski definition) is 4. The average Bonchev–Trinajstić information content (AvgIpc) is 3.58. The van der Waals surface area contributed by atoms with Crippen LogP contribution in [0.15, 0.2) is 36.4 Å². The van der Waals surface area contributed by atoms with Crippen LogP contribution in [-0.2, 0) is 4.79 Å². The van der Waals surface area contributed by atoms with Gasteiger partial charge in [0.05, 0.1) is 6.61 Å². The Morgan fingerprint density at radius 3 is 2.46 bits per heavy atom. The zero-order chi connectivity index (χ0) is 19.7. The minimum Gasteiger partial charge on any atom is -0.477 e. The van der Waals surface area contributed by atoms with Crippen molar-refractivity contribution >= 4 is 23.4 Å².